The zero-order valence-corrected chi connectivity index (χ0v) is 18.9. The number of carbonyl (C=O) groups excluding carboxylic acids is 1. The monoisotopic (exact) mass is 432 g/mol. The third-order valence-electron chi connectivity index (χ3n) is 4.42. The quantitative estimate of drug-likeness (QED) is 0.662. The number of hydrogen-bond donors (Lipinski definition) is 0. The Kier molecular flexibility index (Phi) is 6.91. The van der Waals surface area contributed by atoms with E-state index in [1.165, 1.54) is 11.8 Å². The second-order valence-corrected chi connectivity index (χ2v) is 8.77. The van der Waals surface area contributed by atoms with Gasteiger partial charge in [-0.3, -0.25) is 0 Å². The summed E-state index contributed by atoms with van der Waals surface area (Å²) in [6.45, 7) is 8.30. The lowest BCUT2D eigenvalue weighted by atomic mass is 10.2. The second-order valence-electron chi connectivity index (χ2n) is 7.76. The van der Waals surface area contributed by atoms with Crippen molar-refractivity contribution < 1.29 is 19.0 Å². The number of aromatic nitrogens is 2. The first-order valence-corrected chi connectivity index (χ1v) is 10.6. The van der Waals surface area contributed by atoms with Gasteiger partial charge in [0.2, 0.25) is 11.8 Å². The summed E-state index contributed by atoms with van der Waals surface area (Å²) in [5, 5.41) is 0.547. The zero-order valence-electron chi connectivity index (χ0n) is 18.0. The van der Waals surface area contributed by atoms with Gasteiger partial charge in [0.25, 0.3) is 0 Å². The maximum atomic E-state index is 12.3. The maximum Gasteiger partial charge on any atom is 0.410 e. The fourth-order valence-corrected chi connectivity index (χ4v) is 3.91. The van der Waals surface area contributed by atoms with E-state index in [2.05, 4.69) is 20.9 Å². The van der Waals surface area contributed by atoms with E-state index in [1.54, 1.807) is 25.2 Å². The van der Waals surface area contributed by atoms with Crippen LogP contribution in [0.3, 0.4) is 0 Å². The molecule has 2 heterocycles. The molecule has 0 N–H and O–H groups in total. The number of ether oxygens (including phenoxy) is 3. The highest BCUT2D eigenvalue weighted by Crippen LogP contribution is 2.35. The van der Waals surface area contributed by atoms with Crippen molar-refractivity contribution in [3.8, 4) is 11.8 Å². The number of benzene rings is 1. The van der Waals surface area contributed by atoms with E-state index in [9.17, 15) is 4.79 Å². The van der Waals surface area contributed by atoms with E-state index >= 15 is 0 Å². The maximum absolute atomic E-state index is 12.3. The van der Waals surface area contributed by atoms with Crippen LogP contribution in [0.25, 0.3) is 0 Å². The van der Waals surface area contributed by atoms with Gasteiger partial charge in [0.15, 0.2) is 5.16 Å². The Morgan fingerprint density at radius 2 is 1.60 bits per heavy atom. The van der Waals surface area contributed by atoms with E-state index in [0.29, 0.717) is 30.0 Å². The molecule has 8 nitrogen and oxygen atoms in total. The molecule has 1 aliphatic heterocycles. The number of carbonyl (C=O) groups is 1. The number of rotatable bonds is 5. The highest BCUT2D eigenvalue weighted by Gasteiger charge is 2.26. The Hall–Kier alpha value is -2.68. The molecule has 162 valence electrons. The molecule has 0 unspecified atom stereocenters. The van der Waals surface area contributed by atoms with Crippen LogP contribution >= 0.6 is 11.8 Å². The molecule has 1 fully saturated rings. The topological polar surface area (TPSA) is 77.0 Å². The summed E-state index contributed by atoms with van der Waals surface area (Å²) >= 11 is 1.45. The molecular weight excluding hydrogens is 404 g/mol. The molecule has 1 amide bonds. The van der Waals surface area contributed by atoms with Gasteiger partial charge < -0.3 is 24.0 Å². The molecule has 0 aliphatic carbocycles. The summed E-state index contributed by atoms with van der Waals surface area (Å²) in [5.41, 5.74) is 0.589. The smallest absolute Gasteiger partial charge is 0.410 e. The van der Waals surface area contributed by atoms with Crippen LogP contribution in [0.1, 0.15) is 20.8 Å². The molecule has 3 rings (SSSR count). The van der Waals surface area contributed by atoms with Gasteiger partial charge in [-0.05, 0) is 44.7 Å². The van der Waals surface area contributed by atoms with Crippen LogP contribution in [0.5, 0.6) is 11.8 Å². The van der Waals surface area contributed by atoms with E-state index in [-0.39, 0.29) is 6.09 Å². The normalized spacial score (nSPS) is 14.4. The van der Waals surface area contributed by atoms with E-state index in [4.69, 9.17) is 14.2 Å². The van der Waals surface area contributed by atoms with Gasteiger partial charge in [0.1, 0.15) is 5.60 Å². The van der Waals surface area contributed by atoms with Crippen molar-refractivity contribution in [3.63, 3.8) is 0 Å². The number of para-hydroxylation sites is 1. The summed E-state index contributed by atoms with van der Waals surface area (Å²) < 4.78 is 16.0. The highest BCUT2D eigenvalue weighted by atomic mass is 32.2. The van der Waals surface area contributed by atoms with Gasteiger partial charge in [-0.2, -0.15) is 9.97 Å². The summed E-state index contributed by atoms with van der Waals surface area (Å²) in [6, 6.07) is 9.75. The zero-order chi connectivity index (χ0) is 21.7. The molecule has 30 heavy (non-hydrogen) atoms. The second kappa shape index (κ2) is 9.42. The first-order valence-electron chi connectivity index (χ1n) is 9.76. The van der Waals surface area contributed by atoms with Crippen molar-refractivity contribution in [1.29, 1.82) is 0 Å². The molecule has 1 aromatic heterocycles. The Labute approximate surface area is 181 Å². The predicted octanol–water partition coefficient (Wildman–Crippen LogP) is 3.70. The van der Waals surface area contributed by atoms with Crippen LogP contribution in [0.15, 0.2) is 40.4 Å². The molecule has 2 aromatic rings. The molecular formula is C21H28N4O4S. The summed E-state index contributed by atoms with van der Waals surface area (Å²) in [6.07, 6.45) is -0.262. The Morgan fingerprint density at radius 1 is 1.00 bits per heavy atom. The standard InChI is InChI=1S/C21H28N4O4S/c1-21(2,3)29-20(26)25-12-10-24(11-13-25)15-8-6-7-9-16(15)30-19-22-17(27-4)14-18(23-19)28-5/h6-9,14H,10-13H2,1-5H3. The number of nitrogens with zero attached hydrogens (tertiary/aromatic N) is 4. The lowest BCUT2D eigenvalue weighted by Gasteiger charge is -2.37. The van der Waals surface area contributed by atoms with Gasteiger partial charge in [0, 0.05) is 31.1 Å². The molecule has 0 atom stereocenters. The Morgan fingerprint density at radius 3 is 2.17 bits per heavy atom. The van der Waals surface area contributed by atoms with E-state index < -0.39 is 5.60 Å². The molecule has 0 radical (unpaired) electrons. The molecule has 9 heteroatoms. The molecule has 1 saturated heterocycles. The number of anilines is 1. The van der Waals surface area contributed by atoms with Crippen molar-refractivity contribution in [1.82, 2.24) is 14.9 Å². The van der Waals surface area contributed by atoms with E-state index in [1.807, 2.05) is 39.0 Å². The fraction of sp³-hybridized carbons (Fsp3) is 0.476. The average molecular weight is 433 g/mol. The van der Waals surface area contributed by atoms with Crippen LogP contribution < -0.4 is 14.4 Å². The van der Waals surface area contributed by atoms with Crippen LogP contribution in [0, 0.1) is 0 Å². The van der Waals surface area contributed by atoms with Crippen molar-refractivity contribution in [2.24, 2.45) is 0 Å². The summed E-state index contributed by atoms with van der Waals surface area (Å²) in [4.78, 5) is 26.2. The van der Waals surface area contributed by atoms with Crippen molar-refractivity contribution in [2.75, 3.05) is 45.3 Å². The van der Waals surface area contributed by atoms with Gasteiger partial charge in [-0.1, -0.05) is 12.1 Å². The van der Waals surface area contributed by atoms with E-state index in [0.717, 1.165) is 23.7 Å². The predicted molar refractivity (Wildman–Crippen MR) is 116 cm³/mol. The molecule has 0 spiro atoms. The van der Waals surface area contributed by atoms with Crippen LogP contribution in [-0.2, 0) is 4.74 Å². The third-order valence-corrected chi connectivity index (χ3v) is 5.35. The number of methoxy groups -OCH3 is 2. The lowest BCUT2D eigenvalue weighted by Crippen LogP contribution is -2.50. The third kappa shape index (κ3) is 5.69. The minimum absolute atomic E-state index is 0.262. The van der Waals surface area contributed by atoms with Crippen molar-refractivity contribution >= 4 is 23.5 Å². The Bertz CT molecular complexity index is 857. The van der Waals surface area contributed by atoms with Crippen LogP contribution in [0.2, 0.25) is 0 Å². The molecule has 1 aromatic carbocycles. The first kappa shape index (κ1) is 22.0. The number of amides is 1. The highest BCUT2D eigenvalue weighted by molar-refractivity contribution is 7.99. The molecule has 0 saturated carbocycles. The number of piperazine rings is 1. The van der Waals surface area contributed by atoms with Crippen molar-refractivity contribution in [2.45, 2.75) is 36.4 Å². The number of hydrogen-bond acceptors (Lipinski definition) is 8. The Balaban J connectivity index is 1.72. The summed E-state index contributed by atoms with van der Waals surface area (Å²) in [7, 11) is 3.13. The molecule has 0 bridgehead atoms. The van der Waals surface area contributed by atoms with Crippen LogP contribution in [0.4, 0.5) is 10.5 Å². The van der Waals surface area contributed by atoms with Gasteiger partial charge in [-0.15, -0.1) is 0 Å². The molecule has 1 aliphatic rings. The minimum atomic E-state index is -0.491. The fourth-order valence-electron chi connectivity index (χ4n) is 3.00. The SMILES string of the molecule is COc1cc(OC)nc(Sc2ccccc2N2CCN(C(=O)OC(C)(C)C)CC2)n1. The summed E-state index contributed by atoms with van der Waals surface area (Å²) in [5.74, 6) is 0.903. The first-order chi connectivity index (χ1) is 14.3. The largest absolute Gasteiger partial charge is 0.481 e. The van der Waals surface area contributed by atoms with Crippen LogP contribution in [-0.4, -0.2) is 67.0 Å². The minimum Gasteiger partial charge on any atom is -0.481 e. The lowest BCUT2D eigenvalue weighted by molar-refractivity contribution is 0.0240. The van der Waals surface area contributed by atoms with Gasteiger partial charge in [-0.25, -0.2) is 4.79 Å². The average Bonchev–Trinajstić information content (AvgIpc) is 2.72. The van der Waals surface area contributed by atoms with Gasteiger partial charge >= 0.3 is 6.09 Å². The van der Waals surface area contributed by atoms with Crippen molar-refractivity contribution in [3.05, 3.63) is 30.3 Å². The van der Waals surface area contributed by atoms with Gasteiger partial charge in [0.05, 0.1) is 26.0 Å².